The van der Waals surface area contributed by atoms with Crippen molar-refractivity contribution in [1.82, 2.24) is 9.38 Å². The molecule has 3 aromatic rings. The summed E-state index contributed by atoms with van der Waals surface area (Å²) in [4.78, 5) is 41.7. The van der Waals surface area contributed by atoms with E-state index in [1.807, 2.05) is 0 Å². The van der Waals surface area contributed by atoms with Gasteiger partial charge in [-0.3, -0.25) is 9.20 Å². The number of benzene rings is 1. The van der Waals surface area contributed by atoms with Crippen molar-refractivity contribution in [3.05, 3.63) is 63.8 Å². The lowest BCUT2D eigenvalue weighted by atomic mass is 10.0. The lowest BCUT2D eigenvalue weighted by molar-refractivity contribution is -0.193. The van der Waals surface area contributed by atoms with Crippen molar-refractivity contribution in [2.24, 2.45) is 5.73 Å². The summed E-state index contributed by atoms with van der Waals surface area (Å²) in [5, 5.41) is 0. The largest absolute Gasteiger partial charge is 0.491 e. The molecule has 1 aliphatic rings. The second kappa shape index (κ2) is 8.69. The third kappa shape index (κ3) is 4.56. The molecule has 0 bridgehead atoms. The fraction of sp³-hybridized carbons (Fsp3) is 0.238. The zero-order valence-corrected chi connectivity index (χ0v) is 17.4. The first-order valence-electron chi connectivity index (χ1n) is 9.92. The van der Waals surface area contributed by atoms with Crippen LogP contribution >= 0.6 is 0 Å². The Hall–Kier alpha value is -3.94. The topological polar surface area (TPSA) is 107 Å². The SMILES string of the molecule is NC1CCN(c2nc3c(-c4ccc(F)cc4F)cc(C(=O)OC(=O)C(F)(F)F)c(=O)n3cc2F)C1. The Kier molecular flexibility index (Phi) is 6.00. The summed E-state index contributed by atoms with van der Waals surface area (Å²) in [6.45, 7) is 0.532. The van der Waals surface area contributed by atoms with Gasteiger partial charge in [-0.05, 0) is 24.6 Å². The summed E-state index contributed by atoms with van der Waals surface area (Å²) in [7, 11) is 0. The summed E-state index contributed by atoms with van der Waals surface area (Å²) in [5.41, 5.74) is 2.12. The van der Waals surface area contributed by atoms with Crippen LogP contribution in [-0.4, -0.2) is 46.6 Å². The van der Waals surface area contributed by atoms with Gasteiger partial charge in [0.25, 0.3) is 5.56 Å². The van der Waals surface area contributed by atoms with Gasteiger partial charge in [-0.1, -0.05) is 0 Å². The number of carbonyl (C=O) groups is 2. The van der Waals surface area contributed by atoms with Gasteiger partial charge in [0, 0.05) is 36.3 Å². The van der Waals surface area contributed by atoms with Crippen molar-refractivity contribution >= 4 is 23.4 Å². The minimum atomic E-state index is -5.55. The standard InChI is InChI=1S/C21H14F6N4O4/c22-9-1-2-11(14(23)5-9)12-6-13(19(33)35-20(34)21(25,26)27)18(32)31-8-15(24)17(29-16(12)31)30-4-3-10(28)7-30/h1-2,5-6,8,10H,3-4,7,28H2. The second-order valence-corrected chi connectivity index (χ2v) is 7.68. The lowest BCUT2D eigenvalue weighted by Crippen LogP contribution is -2.32. The van der Waals surface area contributed by atoms with E-state index in [4.69, 9.17) is 5.73 Å². The van der Waals surface area contributed by atoms with Crippen LogP contribution in [0, 0.1) is 17.5 Å². The first kappa shape index (κ1) is 24.2. The van der Waals surface area contributed by atoms with Crippen molar-refractivity contribution in [3.8, 4) is 11.1 Å². The Morgan fingerprint density at radius 1 is 1.09 bits per heavy atom. The number of esters is 2. The Morgan fingerprint density at radius 2 is 1.80 bits per heavy atom. The monoisotopic (exact) mass is 500 g/mol. The van der Waals surface area contributed by atoms with E-state index in [0.717, 1.165) is 12.1 Å². The van der Waals surface area contributed by atoms with Crippen molar-refractivity contribution in [2.45, 2.75) is 18.6 Å². The van der Waals surface area contributed by atoms with Crippen LogP contribution < -0.4 is 16.2 Å². The fourth-order valence-corrected chi connectivity index (χ4v) is 3.64. The van der Waals surface area contributed by atoms with E-state index in [-0.39, 0.29) is 24.0 Å². The minimum Gasteiger partial charge on any atom is -0.382 e. The van der Waals surface area contributed by atoms with Gasteiger partial charge in [-0.25, -0.2) is 27.7 Å². The summed E-state index contributed by atoms with van der Waals surface area (Å²) < 4.78 is 84.7. The summed E-state index contributed by atoms with van der Waals surface area (Å²) in [6.07, 6.45) is -4.43. The van der Waals surface area contributed by atoms with E-state index in [9.17, 15) is 40.7 Å². The second-order valence-electron chi connectivity index (χ2n) is 7.68. The van der Waals surface area contributed by atoms with Gasteiger partial charge in [-0.15, -0.1) is 0 Å². The third-order valence-electron chi connectivity index (χ3n) is 5.26. The predicted molar refractivity (Wildman–Crippen MR) is 108 cm³/mol. The number of aromatic nitrogens is 2. The average Bonchev–Trinajstić information content (AvgIpc) is 3.19. The number of hydrogen-bond acceptors (Lipinski definition) is 7. The van der Waals surface area contributed by atoms with Gasteiger partial charge < -0.3 is 15.4 Å². The summed E-state index contributed by atoms with van der Waals surface area (Å²) in [6, 6.07) is 2.61. The number of rotatable bonds is 3. The van der Waals surface area contributed by atoms with E-state index in [2.05, 4.69) is 9.72 Å². The van der Waals surface area contributed by atoms with Crippen LogP contribution in [0.4, 0.5) is 32.2 Å². The highest BCUT2D eigenvalue weighted by Gasteiger charge is 2.43. The van der Waals surface area contributed by atoms with Gasteiger partial charge in [0.15, 0.2) is 11.6 Å². The van der Waals surface area contributed by atoms with Crippen LogP contribution in [0.25, 0.3) is 16.8 Å². The molecule has 0 aliphatic carbocycles. The molecular weight excluding hydrogens is 486 g/mol. The summed E-state index contributed by atoms with van der Waals surface area (Å²) in [5.74, 6) is -8.34. The van der Waals surface area contributed by atoms with Crippen molar-refractivity contribution < 1.29 is 40.7 Å². The predicted octanol–water partition coefficient (Wildman–Crippen LogP) is 2.56. The van der Waals surface area contributed by atoms with Crippen molar-refractivity contribution in [2.75, 3.05) is 18.0 Å². The fourth-order valence-electron chi connectivity index (χ4n) is 3.64. The highest BCUT2D eigenvalue weighted by atomic mass is 19.4. The molecule has 1 saturated heterocycles. The maximum atomic E-state index is 14.9. The molecule has 3 heterocycles. The molecule has 0 amide bonds. The van der Waals surface area contributed by atoms with Crippen LogP contribution in [0.2, 0.25) is 0 Å². The molecule has 0 saturated carbocycles. The third-order valence-corrected chi connectivity index (χ3v) is 5.26. The van der Waals surface area contributed by atoms with E-state index < -0.39 is 57.9 Å². The van der Waals surface area contributed by atoms with Gasteiger partial charge >= 0.3 is 18.1 Å². The van der Waals surface area contributed by atoms with Gasteiger partial charge in [0.05, 0.1) is 6.20 Å². The van der Waals surface area contributed by atoms with Crippen LogP contribution in [0.1, 0.15) is 16.8 Å². The molecule has 1 unspecified atom stereocenters. The zero-order chi connectivity index (χ0) is 25.7. The first-order chi connectivity index (χ1) is 16.4. The molecule has 14 heteroatoms. The van der Waals surface area contributed by atoms with Crippen LogP contribution in [-0.2, 0) is 9.53 Å². The molecule has 1 atom stereocenters. The normalized spacial score (nSPS) is 16.1. The van der Waals surface area contributed by atoms with Crippen LogP contribution in [0.3, 0.4) is 0 Å². The van der Waals surface area contributed by atoms with Crippen molar-refractivity contribution in [1.29, 1.82) is 0 Å². The smallest absolute Gasteiger partial charge is 0.382 e. The van der Waals surface area contributed by atoms with Gasteiger partial charge in [-0.2, -0.15) is 13.2 Å². The lowest BCUT2D eigenvalue weighted by Gasteiger charge is -2.19. The molecule has 2 N–H and O–H groups in total. The number of halogens is 6. The molecule has 35 heavy (non-hydrogen) atoms. The molecular formula is C21H14F6N4O4. The first-order valence-corrected chi connectivity index (χ1v) is 9.92. The molecule has 0 spiro atoms. The van der Waals surface area contributed by atoms with Gasteiger partial charge in [0.1, 0.15) is 22.8 Å². The molecule has 0 radical (unpaired) electrons. The van der Waals surface area contributed by atoms with E-state index in [0.29, 0.717) is 35.7 Å². The number of ether oxygens (including phenoxy) is 1. The number of fused-ring (bicyclic) bond motifs is 1. The van der Waals surface area contributed by atoms with E-state index in [1.54, 1.807) is 0 Å². The minimum absolute atomic E-state index is 0.217. The van der Waals surface area contributed by atoms with Gasteiger partial charge in [0.2, 0.25) is 0 Å². The van der Waals surface area contributed by atoms with E-state index >= 15 is 0 Å². The van der Waals surface area contributed by atoms with E-state index in [1.165, 1.54) is 4.90 Å². The molecule has 1 aliphatic heterocycles. The maximum absolute atomic E-state index is 14.9. The van der Waals surface area contributed by atoms with Crippen LogP contribution in [0.5, 0.6) is 0 Å². The number of alkyl halides is 3. The Bertz CT molecular complexity index is 1420. The number of nitrogens with zero attached hydrogens (tertiary/aromatic N) is 3. The number of hydrogen-bond donors (Lipinski definition) is 1. The number of nitrogens with two attached hydrogens (primary N) is 1. The Morgan fingerprint density at radius 3 is 2.40 bits per heavy atom. The molecule has 1 aromatic carbocycles. The molecule has 4 rings (SSSR count). The van der Waals surface area contributed by atoms with Crippen molar-refractivity contribution in [3.63, 3.8) is 0 Å². The number of anilines is 1. The average molecular weight is 500 g/mol. The zero-order valence-electron chi connectivity index (χ0n) is 17.4. The quantitative estimate of drug-likeness (QED) is 0.335. The summed E-state index contributed by atoms with van der Waals surface area (Å²) >= 11 is 0. The number of pyridine rings is 1. The molecule has 1 fully saturated rings. The molecule has 2 aromatic heterocycles. The van der Waals surface area contributed by atoms with Crippen LogP contribution in [0.15, 0.2) is 35.3 Å². The highest BCUT2D eigenvalue weighted by Crippen LogP contribution is 2.30. The molecule has 184 valence electrons. The molecule has 8 nitrogen and oxygen atoms in total. The Balaban J connectivity index is 1.96. The highest BCUT2D eigenvalue weighted by molar-refractivity contribution is 5.99. The maximum Gasteiger partial charge on any atom is 0.491 e. The Labute approximate surface area is 191 Å². The number of carbonyl (C=O) groups excluding carboxylic acids is 2.